The van der Waals surface area contributed by atoms with Crippen LogP contribution in [0.5, 0.6) is 0 Å². The van der Waals surface area contributed by atoms with E-state index >= 15 is 0 Å². The fraction of sp³-hybridized carbons (Fsp3) is 0.875. The monoisotopic (exact) mass is 187 g/mol. The van der Waals surface area contributed by atoms with Gasteiger partial charge < -0.3 is 5.73 Å². The van der Waals surface area contributed by atoms with Gasteiger partial charge in [0.15, 0.2) is 0 Å². The highest BCUT2D eigenvalue weighted by atomic mass is 32.2. The van der Waals surface area contributed by atoms with Gasteiger partial charge in [0.25, 0.3) is 0 Å². The Morgan fingerprint density at radius 1 is 1.50 bits per heavy atom. The fourth-order valence-corrected chi connectivity index (χ4v) is 2.25. The normalized spacial score (nSPS) is 23.1. The Bertz CT molecular complexity index is 152. The number of hydrogen-bond acceptors (Lipinski definition) is 3. The van der Waals surface area contributed by atoms with E-state index in [0.717, 1.165) is 13.1 Å². The molecule has 1 aliphatic rings. The Morgan fingerprint density at radius 2 is 2.25 bits per heavy atom. The Labute approximate surface area is 78.2 Å². The molecule has 1 rings (SSSR count). The number of nitrogens with one attached hydrogen (secondary N) is 1. The lowest BCUT2D eigenvalue weighted by Crippen LogP contribution is -2.43. The lowest BCUT2D eigenvalue weighted by atomic mass is 10.2. The molecule has 0 aromatic heterocycles. The van der Waals surface area contributed by atoms with Crippen molar-refractivity contribution in [2.45, 2.75) is 19.4 Å². The third kappa shape index (κ3) is 2.68. The fourth-order valence-electron chi connectivity index (χ4n) is 1.35. The van der Waals surface area contributed by atoms with Crippen LogP contribution in [-0.4, -0.2) is 41.4 Å². The molecule has 12 heavy (non-hydrogen) atoms. The van der Waals surface area contributed by atoms with Crippen LogP contribution in [0.3, 0.4) is 0 Å². The molecule has 1 saturated heterocycles. The molecule has 0 aromatic carbocycles. The SMILES string of the molecule is CC(C(=N)N)N1CCCSCC1. The number of thioether (sulfide) groups is 1. The minimum atomic E-state index is 0.128. The molecule has 1 atom stereocenters. The van der Waals surface area contributed by atoms with E-state index in [4.69, 9.17) is 11.1 Å². The van der Waals surface area contributed by atoms with Gasteiger partial charge >= 0.3 is 0 Å². The van der Waals surface area contributed by atoms with Gasteiger partial charge in [-0.25, -0.2) is 0 Å². The summed E-state index contributed by atoms with van der Waals surface area (Å²) in [4.78, 5) is 2.29. The van der Waals surface area contributed by atoms with E-state index in [1.165, 1.54) is 17.9 Å². The second kappa shape index (κ2) is 4.72. The lowest BCUT2D eigenvalue weighted by Gasteiger charge is -2.25. The van der Waals surface area contributed by atoms with Crippen molar-refractivity contribution in [3.63, 3.8) is 0 Å². The first-order chi connectivity index (χ1) is 5.72. The van der Waals surface area contributed by atoms with Crippen molar-refractivity contribution in [2.24, 2.45) is 5.73 Å². The van der Waals surface area contributed by atoms with E-state index < -0.39 is 0 Å². The molecule has 1 fully saturated rings. The summed E-state index contributed by atoms with van der Waals surface area (Å²) in [7, 11) is 0. The Kier molecular flexibility index (Phi) is 3.88. The molecular formula is C8H17N3S. The van der Waals surface area contributed by atoms with E-state index in [1.807, 2.05) is 18.7 Å². The molecule has 4 heteroatoms. The zero-order valence-corrected chi connectivity index (χ0v) is 8.36. The summed E-state index contributed by atoms with van der Waals surface area (Å²) in [6, 6.07) is 0.128. The predicted molar refractivity (Wildman–Crippen MR) is 54.9 cm³/mol. The molecule has 0 bridgehead atoms. The molecule has 0 amide bonds. The van der Waals surface area contributed by atoms with Crippen LogP contribution in [0, 0.1) is 5.41 Å². The third-order valence-corrected chi connectivity index (χ3v) is 3.30. The van der Waals surface area contributed by atoms with Crippen LogP contribution in [-0.2, 0) is 0 Å². The summed E-state index contributed by atoms with van der Waals surface area (Å²) in [5.74, 6) is 2.72. The maximum atomic E-state index is 7.34. The highest BCUT2D eigenvalue weighted by molar-refractivity contribution is 7.99. The Balaban J connectivity index is 2.42. The summed E-state index contributed by atoms with van der Waals surface area (Å²) in [5.41, 5.74) is 5.45. The molecule has 0 spiro atoms. The summed E-state index contributed by atoms with van der Waals surface area (Å²) >= 11 is 2.00. The minimum absolute atomic E-state index is 0.128. The van der Waals surface area contributed by atoms with Crippen LogP contribution >= 0.6 is 11.8 Å². The smallest absolute Gasteiger partial charge is 0.108 e. The standard InChI is InChI=1S/C8H17N3S/c1-7(8(9)10)11-3-2-5-12-6-4-11/h7H,2-6H2,1H3,(H3,9,10). The topological polar surface area (TPSA) is 53.1 Å². The van der Waals surface area contributed by atoms with Gasteiger partial charge in [0, 0.05) is 12.3 Å². The second-order valence-corrected chi connectivity index (χ2v) is 4.36. The van der Waals surface area contributed by atoms with Crippen molar-refractivity contribution < 1.29 is 0 Å². The van der Waals surface area contributed by atoms with Crippen molar-refractivity contribution >= 4 is 17.6 Å². The average Bonchev–Trinajstić information content (AvgIpc) is 2.30. The first-order valence-electron chi connectivity index (χ1n) is 4.37. The maximum Gasteiger partial charge on any atom is 0.108 e. The molecule has 1 aliphatic heterocycles. The highest BCUT2D eigenvalue weighted by Crippen LogP contribution is 2.11. The van der Waals surface area contributed by atoms with Crippen molar-refractivity contribution in [3.05, 3.63) is 0 Å². The number of amidine groups is 1. The van der Waals surface area contributed by atoms with Gasteiger partial charge in [-0.05, 0) is 25.6 Å². The number of rotatable bonds is 2. The number of nitrogens with zero attached hydrogens (tertiary/aromatic N) is 1. The predicted octanol–water partition coefficient (Wildman–Crippen LogP) is 0.750. The minimum Gasteiger partial charge on any atom is -0.386 e. The summed E-state index contributed by atoms with van der Waals surface area (Å²) in [6.07, 6.45) is 1.22. The first kappa shape index (κ1) is 9.86. The maximum absolute atomic E-state index is 7.34. The van der Waals surface area contributed by atoms with Gasteiger partial charge in [0.2, 0.25) is 0 Å². The molecule has 0 saturated carbocycles. The van der Waals surface area contributed by atoms with Crippen LogP contribution in [0.15, 0.2) is 0 Å². The molecule has 3 nitrogen and oxygen atoms in total. The van der Waals surface area contributed by atoms with Gasteiger partial charge in [0.1, 0.15) is 5.84 Å². The largest absolute Gasteiger partial charge is 0.386 e. The van der Waals surface area contributed by atoms with Gasteiger partial charge in [-0.15, -0.1) is 0 Å². The van der Waals surface area contributed by atoms with Crippen molar-refractivity contribution in [3.8, 4) is 0 Å². The van der Waals surface area contributed by atoms with Crippen LogP contribution in [0.4, 0.5) is 0 Å². The molecule has 1 unspecified atom stereocenters. The van der Waals surface area contributed by atoms with Crippen molar-refractivity contribution in [1.82, 2.24) is 4.90 Å². The molecule has 70 valence electrons. The van der Waals surface area contributed by atoms with Gasteiger partial charge in [-0.1, -0.05) is 0 Å². The molecule has 1 heterocycles. The zero-order valence-electron chi connectivity index (χ0n) is 7.55. The van der Waals surface area contributed by atoms with E-state index in [0.29, 0.717) is 5.84 Å². The lowest BCUT2D eigenvalue weighted by molar-refractivity contribution is 0.272. The Morgan fingerprint density at radius 3 is 2.92 bits per heavy atom. The molecule has 0 radical (unpaired) electrons. The van der Waals surface area contributed by atoms with E-state index in [9.17, 15) is 0 Å². The third-order valence-electron chi connectivity index (χ3n) is 2.25. The van der Waals surface area contributed by atoms with E-state index in [2.05, 4.69) is 4.90 Å². The van der Waals surface area contributed by atoms with Crippen LogP contribution in [0.1, 0.15) is 13.3 Å². The van der Waals surface area contributed by atoms with E-state index in [-0.39, 0.29) is 6.04 Å². The van der Waals surface area contributed by atoms with Gasteiger partial charge in [0.05, 0.1) is 6.04 Å². The number of hydrogen-bond donors (Lipinski definition) is 2. The average molecular weight is 187 g/mol. The van der Waals surface area contributed by atoms with Crippen LogP contribution < -0.4 is 5.73 Å². The zero-order chi connectivity index (χ0) is 8.97. The van der Waals surface area contributed by atoms with E-state index in [1.54, 1.807) is 0 Å². The van der Waals surface area contributed by atoms with Crippen molar-refractivity contribution in [2.75, 3.05) is 24.6 Å². The first-order valence-corrected chi connectivity index (χ1v) is 5.53. The molecular weight excluding hydrogens is 170 g/mol. The summed E-state index contributed by atoms with van der Waals surface area (Å²) in [5, 5.41) is 7.34. The van der Waals surface area contributed by atoms with Crippen LogP contribution in [0.2, 0.25) is 0 Å². The van der Waals surface area contributed by atoms with Crippen molar-refractivity contribution in [1.29, 1.82) is 5.41 Å². The quantitative estimate of drug-likeness (QED) is 0.495. The molecule has 0 aliphatic carbocycles. The number of nitrogens with two attached hydrogens (primary N) is 1. The van der Waals surface area contributed by atoms with Crippen LogP contribution in [0.25, 0.3) is 0 Å². The second-order valence-electron chi connectivity index (χ2n) is 3.13. The summed E-state index contributed by atoms with van der Waals surface area (Å²) in [6.45, 7) is 4.18. The summed E-state index contributed by atoms with van der Waals surface area (Å²) < 4.78 is 0. The molecule has 0 aromatic rings. The van der Waals surface area contributed by atoms with Gasteiger partial charge in [-0.3, -0.25) is 10.3 Å². The van der Waals surface area contributed by atoms with Gasteiger partial charge in [-0.2, -0.15) is 11.8 Å². The highest BCUT2D eigenvalue weighted by Gasteiger charge is 2.17. The Hall–Kier alpha value is -0.220. The molecule has 3 N–H and O–H groups in total.